The van der Waals surface area contributed by atoms with Gasteiger partial charge < -0.3 is 14.7 Å². The molecule has 1 aliphatic rings. The Hall–Kier alpha value is -2.49. The van der Waals surface area contributed by atoms with E-state index >= 15 is 0 Å². The summed E-state index contributed by atoms with van der Waals surface area (Å²) in [6.45, 7) is 0.814. The van der Waals surface area contributed by atoms with E-state index in [4.69, 9.17) is 14.7 Å². The fraction of sp³-hybridized carbons (Fsp3) is 0.133. The van der Waals surface area contributed by atoms with E-state index in [-0.39, 0.29) is 0 Å². The molecule has 2 aromatic rings. The molecule has 0 spiro atoms. The van der Waals surface area contributed by atoms with Gasteiger partial charge in [0.25, 0.3) is 0 Å². The molecule has 19 heavy (non-hydrogen) atoms. The third kappa shape index (κ3) is 2.38. The van der Waals surface area contributed by atoms with Crippen molar-refractivity contribution in [2.24, 2.45) is 5.16 Å². The van der Waals surface area contributed by atoms with Crippen molar-refractivity contribution in [1.29, 1.82) is 0 Å². The van der Waals surface area contributed by atoms with Crippen LogP contribution in [-0.2, 0) is 6.61 Å². The predicted octanol–water partition coefficient (Wildman–Crippen LogP) is 2.84. The van der Waals surface area contributed by atoms with E-state index < -0.39 is 0 Å². The number of fused-ring (bicyclic) bond motifs is 1. The van der Waals surface area contributed by atoms with Crippen LogP contribution in [-0.4, -0.2) is 17.5 Å². The van der Waals surface area contributed by atoms with Crippen LogP contribution < -0.4 is 9.47 Å². The Kier molecular flexibility index (Phi) is 3.06. The maximum atomic E-state index is 8.81. The van der Waals surface area contributed by atoms with Crippen LogP contribution in [0.15, 0.2) is 53.7 Å². The molecule has 0 unspecified atom stereocenters. The van der Waals surface area contributed by atoms with Crippen LogP contribution in [0.4, 0.5) is 0 Å². The molecule has 3 rings (SSSR count). The van der Waals surface area contributed by atoms with Crippen LogP contribution in [0.5, 0.6) is 11.5 Å². The smallest absolute Gasteiger partial charge is 0.134 e. The van der Waals surface area contributed by atoms with Crippen molar-refractivity contribution in [3.63, 3.8) is 0 Å². The van der Waals surface area contributed by atoms with E-state index in [9.17, 15) is 0 Å². The van der Waals surface area contributed by atoms with Gasteiger partial charge in [-0.3, -0.25) is 0 Å². The van der Waals surface area contributed by atoms with Crippen molar-refractivity contribution < 1.29 is 14.7 Å². The number of rotatable bonds is 3. The van der Waals surface area contributed by atoms with Crippen LogP contribution in [0.2, 0.25) is 0 Å². The second-order valence-corrected chi connectivity index (χ2v) is 4.27. The van der Waals surface area contributed by atoms with E-state index in [1.807, 2.05) is 48.5 Å². The average Bonchev–Trinajstić information content (AvgIpc) is 2.88. The van der Waals surface area contributed by atoms with Gasteiger partial charge in [0.05, 0.1) is 0 Å². The van der Waals surface area contributed by atoms with E-state index in [0.29, 0.717) is 24.7 Å². The summed E-state index contributed by atoms with van der Waals surface area (Å²) >= 11 is 0. The minimum Gasteiger partial charge on any atom is -0.489 e. The predicted molar refractivity (Wildman–Crippen MR) is 71.0 cm³/mol. The maximum Gasteiger partial charge on any atom is 0.134 e. The second-order valence-electron chi connectivity index (χ2n) is 4.27. The molecule has 0 atom stereocenters. The van der Waals surface area contributed by atoms with Gasteiger partial charge in [-0.15, -0.1) is 0 Å². The molecular weight excluding hydrogens is 242 g/mol. The highest BCUT2D eigenvalue weighted by molar-refractivity contribution is 6.05. The summed E-state index contributed by atoms with van der Waals surface area (Å²) in [5.74, 6) is 1.43. The van der Waals surface area contributed by atoms with Gasteiger partial charge in [0, 0.05) is 11.6 Å². The monoisotopic (exact) mass is 255 g/mol. The van der Waals surface area contributed by atoms with Gasteiger partial charge in [-0.25, -0.2) is 0 Å². The normalized spacial score (nSPS) is 15.1. The molecule has 0 bridgehead atoms. The summed E-state index contributed by atoms with van der Waals surface area (Å²) in [6.07, 6.45) is 0. The highest BCUT2D eigenvalue weighted by Crippen LogP contribution is 2.30. The van der Waals surface area contributed by atoms with Crippen molar-refractivity contribution in [3.05, 3.63) is 59.7 Å². The summed E-state index contributed by atoms with van der Waals surface area (Å²) in [5, 5.41) is 12.0. The topological polar surface area (TPSA) is 51.1 Å². The largest absolute Gasteiger partial charge is 0.489 e. The highest BCUT2D eigenvalue weighted by atomic mass is 16.5. The minimum absolute atomic E-state index is 0.300. The number of ether oxygens (including phenoxy) is 2. The Morgan fingerprint density at radius 2 is 2.00 bits per heavy atom. The van der Waals surface area contributed by atoms with Crippen molar-refractivity contribution in [2.75, 3.05) is 6.61 Å². The lowest BCUT2D eigenvalue weighted by molar-refractivity contribution is 0.302. The van der Waals surface area contributed by atoms with Gasteiger partial charge in [0.2, 0.25) is 0 Å². The van der Waals surface area contributed by atoms with Crippen molar-refractivity contribution in [3.8, 4) is 11.5 Å². The van der Waals surface area contributed by atoms with E-state index in [1.165, 1.54) is 0 Å². The van der Waals surface area contributed by atoms with E-state index in [1.54, 1.807) is 0 Å². The van der Waals surface area contributed by atoms with Gasteiger partial charge in [0.1, 0.15) is 30.4 Å². The van der Waals surface area contributed by atoms with Gasteiger partial charge in [0.15, 0.2) is 0 Å². The lowest BCUT2D eigenvalue weighted by Gasteiger charge is -2.07. The Morgan fingerprint density at radius 3 is 2.79 bits per heavy atom. The van der Waals surface area contributed by atoms with Crippen molar-refractivity contribution >= 4 is 5.71 Å². The zero-order chi connectivity index (χ0) is 13.1. The minimum atomic E-state index is 0.300. The zero-order valence-corrected chi connectivity index (χ0v) is 10.2. The van der Waals surface area contributed by atoms with Crippen LogP contribution in [0.3, 0.4) is 0 Å². The van der Waals surface area contributed by atoms with Crippen LogP contribution in [0.25, 0.3) is 0 Å². The molecule has 0 aromatic heterocycles. The summed E-state index contributed by atoms with van der Waals surface area (Å²) < 4.78 is 11.1. The first-order chi connectivity index (χ1) is 9.36. The Morgan fingerprint density at radius 1 is 1.16 bits per heavy atom. The molecule has 2 aromatic carbocycles. The van der Waals surface area contributed by atoms with Crippen LogP contribution in [0.1, 0.15) is 11.1 Å². The molecule has 0 saturated carbocycles. The van der Waals surface area contributed by atoms with Gasteiger partial charge in [-0.05, 0) is 17.7 Å². The van der Waals surface area contributed by atoms with Gasteiger partial charge >= 0.3 is 0 Å². The average molecular weight is 255 g/mol. The fourth-order valence-corrected chi connectivity index (χ4v) is 2.00. The van der Waals surface area contributed by atoms with Crippen molar-refractivity contribution in [1.82, 2.24) is 0 Å². The first-order valence-corrected chi connectivity index (χ1v) is 6.02. The molecule has 0 aliphatic carbocycles. The number of oxime groups is 1. The lowest BCUT2D eigenvalue weighted by Crippen LogP contribution is -2.01. The quantitative estimate of drug-likeness (QED) is 0.677. The Balaban J connectivity index is 1.74. The third-order valence-corrected chi connectivity index (χ3v) is 3.00. The summed E-state index contributed by atoms with van der Waals surface area (Å²) in [4.78, 5) is 0. The molecule has 4 nitrogen and oxygen atoms in total. The van der Waals surface area contributed by atoms with E-state index in [0.717, 1.165) is 16.9 Å². The molecule has 1 heterocycles. The first kappa shape index (κ1) is 11.6. The van der Waals surface area contributed by atoms with E-state index in [2.05, 4.69) is 5.16 Å². The highest BCUT2D eigenvalue weighted by Gasteiger charge is 2.20. The SMILES string of the molecule is O/N=C1\COc2cc(OCc3ccccc3)ccc21. The molecule has 0 radical (unpaired) electrons. The Bertz CT molecular complexity index is 608. The number of nitrogens with zero attached hydrogens (tertiary/aromatic N) is 1. The Labute approximate surface area is 110 Å². The first-order valence-electron chi connectivity index (χ1n) is 6.02. The molecule has 4 heteroatoms. The summed E-state index contributed by atoms with van der Waals surface area (Å²) in [6, 6.07) is 15.5. The fourth-order valence-electron chi connectivity index (χ4n) is 2.00. The molecule has 1 aliphatic heterocycles. The van der Waals surface area contributed by atoms with Gasteiger partial charge in [-0.1, -0.05) is 35.5 Å². The summed E-state index contributed by atoms with van der Waals surface area (Å²) in [7, 11) is 0. The van der Waals surface area contributed by atoms with Crippen LogP contribution >= 0.6 is 0 Å². The van der Waals surface area contributed by atoms with Crippen molar-refractivity contribution in [2.45, 2.75) is 6.61 Å². The third-order valence-electron chi connectivity index (χ3n) is 3.00. The standard InChI is InChI=1S/C15H13NO3/c17-16-14-10-19-15-8-12(6-7-13(14)15)18-9-11-4-2-1-3-5-11/h1-8,17H,9-10H2/b16-14+. The molecule has 0 saturated heterocycles. The van der Waals surface area contributed by atoms with Crippen LogP contribution in [0, 0.1) is 0 Å². The molecule has 1 N–H and O–H groups in total. The number of hydrogen-bond acceptors (Lipinski definition) is 4. The second kappa shape index (κ2) is 5.02. The maximum absolute atomic E-state index is 8.81. The molecule has 96 valence electrons. The molecular formula is C15H13NO3. The number of hydrogen-bond donors (Lipinski definition) is 1. The molecule has 0 fully saturated rings. The lowest BCUT2D eigenvalue weighted by atomic mass is 10.1. The zero-order valence-electron chi connectivity index (χ0n) is 10.2. The number of benzene rings is 2. The molecule has 0 amide bonds. The summed E-state index contributed by atoms with van der Waals surface area (Å²) in [5.41, 5.74) is 2.47. The van der Waals surface area contributed by atoms with Gasteiger partial charge in [-0.2, -0.15) is 0 Å².